The number of rotatable bonds is 3. The van der Waals surface area contributed by atoms with E-state index in [9.17, 15) is 4.79 Å². The molecule has 0 fully saturated rings. The van der Waals surface area contributed by atoms with Gasteiger partial charge in [-0.05, 0) is 19.1 Å². The highest BCUT2D eigenvalue weighted by Gasteiger charge is 2.01. The Labute approximate surface area is 98.7 Å². The molecule has 0 aliphatic heterocycles. The van der Waals surface area contributed by atoms with Crippen LogP contribution in [-0.4, -0.2) is 16.7 Å². The molecule has 2 amide bonds. The largest absolute Gasteiger partial charge is 0.350 e. The van der Waals surface area contributed by atoms with Gasteiger partial charge in [0.2, 0.25) is 0 Å². The van der Waals surface area contributed by atoms with Gasteiger partial charge in [-0.3, -0.25) is 0 Å². The number of nitrogens with one attached hydrogen (secondary N) is 2. The Balaban J connectivity index is 2.59. The second kappa shape index (κ2) is 5.82. The second-order valence-corrected chi connectivity index (χ2v) is 3.40. The van der Waals surface area contributed by atoms with E-state index < -0.39 is 6.03 Å². The van der Waals surface area contributed by atoms with E-state index in [1.807, 2.05) is 30.3 Å². The Morgan fingerprint density at radius 2 is 2.00 bits per heavy atom. The van der Waals surface area contributed by atoms with Crippen molar-refractivity contribution in [2.24, 2.45) is 10.8 Å². The number of thiocarbonyl (C=S) groups is 1. The summed E-state index contributed by atoms with van der Waals surface area (Å²) in [6.07, 6.45) is 0. The van der Waals surface area contributed by atoms with Gasteiger partial charge in [0.05, 0.1) is 5.71 Å². The van der Waals surface area contributed by atoms with E-state index in [0.29, 0.717) is 10.7 Å². The predicted octanol–water partition coefficient (Wildman–Crippen LogP) is 1.47. The first-order chi connectivity index (χ1) is 7.59. The summed E-state index contributed by atoms with van der Waals surface area (Å²) in [6.45, 7) is 1.67. The highest BCUT2D eigenvalue weighted by atomic mass is 32.1. The molecule has 1 aromatic rings. The van der Waals surface area contributed by atoms with E-state index in [2.05, 4.69) is 15.8 Å². The minimum atomic E-state index is -0.720. The molecule has 1 aromatic carbocycles. The van der Waals surface area contributed by atoms with Crippen LogP contribution in [0.2, 0.25) is 0 Å². The fourth-order valence-corrected chi connectivity index (χ4v) is 1.10. The van der Waals surface area contributed by atoms with Crippen molar-refractivity contribution in [3.63, 3.8) is 0 Å². The van der Waals surface area contributed by atoms with Crippen molar-refractivity contribution >= 4 is 34.6 Å². The molecule has 0 atom stereocenters. The van der Waals surface area contributed by atoms with Crippen LogP contribution in [0.3, 0.4) is 0 Å². The lowest BCUT2D eigenvalue weighted by molar-refractivity contribution is 0.249. The zero-order valence-electron chi connectivity index (χ0n) is 8.73. The molecule has 1 rings (SSSR count). The van der Waals surface area contributed by atoms with E-state index in [1.54, 1.807) is 6.92 Å². The van der Waals surface area contributed by atoms with E-state index >= 15 is 0 Å². The van der Waals surface area contributed by atoms with E-state index in [4.69, 9.17) is 18.0 Å². The van der Waals surface area contributed by atoms with Gasteiger partial charge in [-0.1, -0.05) is 30.4 Å². The zero-order chi connectivity index (χ0) is 12.0. The monoisotopic (exact) mass is 236 g/mol. The first-order valence-electron chi connectivity index (χ1n) is 4.55. The first-order valence-corrected chi connectivity index (χ1v) is 4.96. The summed E-state index contributed by atoms with van der Waals surface area (Å²) in [4.78, 5) is 10.9. The summed E-state index contributed by atoms with van der Waals surface area (Å²) in [6, 6.07) is 8.71. The molecule has 5 nitrogen and oxygen atoms in total. The maximum atomic E-state index is 10.4. The van der Waals surface area contributed by atoms with Gasteiger partial charge in [-0.2, -0.15) is 5.10 Å². The molecule has 0 unspecified atom stereocenters. The SMILES string of the molecule is C/C(=N/NC(N)=O)C(=S)Nc1ccccc1. The lowest BCUT2D eigenvalue weighted by atomic mass is 10.3. The van der Waals surface area contributed by atoms with Gasteiger partial charge >= 0.3 is 6.03 Å². The number of hydrogen-bond donors (Lipinski definition) is 3. The van der Waals surface area contributed by atoms with Crippen LogP contribution in [0.1, 0.15) is 6.92 Å². The first kappa shape index (κ1) is 12.1. The highest BCUT2D eigenvalue weighted by molar-refractivity contribution is 7.82. The van der Waals surface area contributed by atoms with Gasteiger partial charge in [0.1, 0.15) is 4.99 Å². The number of amides is 2. The summed E-state index contributed by atoms with van der Waals surface area (Å²) < 4.78 is 0. The van der Waals surface area contributed by atoms with Crippen LogP contribution in [0.15, 0.2) is 35.4 Å². The molecular weight excluding hydrogens is 224 g/mol. The van der Waals surface area contributed by atoms with Crippen LogP contribution in [-0.2, 0) is 0 Å². The molecular formula is C10H12N4OS. The number of para-hydroxylation sites is 1. The molecule has 0 spiro atoms. The number of carbonyl (C=O) groups is 1. The van der Waals surface area contributed by atoms with Crippen LogP contribution in [0.4, 0.5) is 10.5 Å². The number of anilines is 1. The van der Waals surface area contributed by atoms with Gasteiger partial charge in [0, 0.05) is 5.69 Å². The van der Waals surface area contributed by atoms with Gasteiger partial charge in [0.25, 0.3) is 0 Å². The fourth-order valence-electron chi connectivity index (χ4n) is 0.933. The number of nitrogens with zero attached hydrogens (tertiary/aromatic N) is 1. The van der Waals surface area contributed by atoms with Crippen molar-refractivity contribution in [1.29, 1.82) is 0 Å². The van der Waals surface area contributed by atoms with Crippen molar-refractivity contribution in [3.8, 4) is 0 Å². The molecule has 4 N–H and O–H groups in total. The van der Waals surface area contributed by atoms with Gasteiger partial charge < -0.3 is 11.1 Å². The van der Waals surface area contributed by atoms with E-state index in [1.165, 1.54) is 0 Å². The van der Waals surface area contributed by atoms with E-state index in [-0.39, 0.29) is 0 Å². The summed E-state index contributed by atoms with van der Waals surface area (Å²) in [7, 11) is 0. The number of carbonyl (C=O) groups excluding carboxylic acids is 1. The number of urea groups is 1. The third-order valence-corrected chi connectivity index (χ3v) is 2.09. The fraction of sp³-hybridized carbons (Fsp3) is 0.100. The molecule has 6 heteroatoms. The Bertz CT molecular complexity index is 416. The summed E-state index contributed by atoms with van der Waals surface area (Å²) in [5, 5.41) is 6.68. The molecule has 84 valence electrons. The van der Waals surface area contributed by atoms with Crippen molar-refractivity contribution in [2.45, 2.75) is 6.92 Å². The van der Waals surface area contributed by atoms with Crippen LogP contribution in [0, 0.1) is 0 Å². The predicted molar refractivity (Wildman–Crippen MR) is 68.5 cm³/mol. The third-order valence-electron chi connectivity index (χ3n) is 1.69. The maximum absolute atomic E-state index is 10.4. The Kier molecular flexibility index (Phi) is 4.41. The van der Waals surface area contributed by atoms with Gasteiger partial charge in [0.15, 0.2) is 0 Å². The zero-order valence-corrected chi connectivity index (χ0v) is 9.54. The minimum Gasteiger partial charge on any atom is -0.350 e. The molecule has 0 radical (unpaired) electrons. The number of nitrogens with two attached hydrogens (primary N) is 1. The molecule has 0 aliphatic carbocycles. The molecule has 0 saturated carbocycles. The van der Waals surface area contributed by atoms with Crippen molar-refractivity contribution in [1.82, 2.24) is 5.43 Å². The summed E-state index contributed by atoms with van der Waals surface area (Å²) in [5.74, 6) is 0. The molecule has 0 saturated heterocycles. The lowest BCUT2D eigenvalue weighted by Crippen LogP contribution is -2.28. The third kappa shape index (κ3) is 4.05. The Hall–Kier alpha value is -1.95. The minimum absolute atomic E-state index is 0.431. The second-order valence-electron chi connectivity index (χ2n) is 2.99. The van der Waals surface area contributed by atoms with E-state index in [0.717, 1.165) is 5.69 Å². The van der Waals surface area contributed by atoms with Crippen LogP contribution >= 0.6 is 12.2 Å². The highest BCUT2D eigenvalue weighted by Crippen LogP contribution is 2.05. The number of benzene rings is 1. The summed E-state index contributed by atoms with van der Waals surface area (Å²) in [5.41, 5.74) is 8.33. The smallest absolute Gasteiger partial charge is 0.332 e. The van der Waals surface area contributed by atoms with Gasteiger partial charge in [-0.25, -0.2) is 10.2 Å². The quantitative estimate of drug-likeness (QED) is 0.422. The average molecular weight is 236 g/mol. The van der Waals surface area contributed by atoms with Gasteiger partial charge in [-0.15, -0.1) is 0 Å². The number of hydrazone groups is 1. The molecule has 0 aliphatic rings. The van der Waals surface area contributed by atoms with Crippen LogP contribution in [0.25, 0.3) is 0 Å². The van der Waals surface area contributed by atoms with Crippen LogP contribution in [0.5, 0.6) is 0 Å². The molecule has 0 heterocycles. The Morgan fingerprint density at radius 1 is 1.38 bits per heavy atom. The normalized spacial score (nSPS) is 10.7. The van der Waals surface area contributed by atoms with Crippen molar-refractivity contribution in [2.75, 3.05) is 5.32 Å². The average Bonchev–Trinajstić information content (AvgIpc) is 2.27. The maximum Gasteiger partial charge on any atom is 0.332 e. The van der Waals surface area contributed by atoms with Crippen LogP contribution < -0.4 is 16.5 Å². The number of hydrogen-bond acceptors (Lipinski definition) is 3. The Morgan fingerprint density at radius 3 is 2.56 bits per heavy atom. The molecule has 0 aromatic heterocycles. The number of primary amides is 1. The van der Waals surface area contributed by atoms with Crippen molar-refractivity contribution < 1.29 is 4.79 Å². The lowest BCUT2D eigenvalue weighted by Gasteiger charge is -2.06. The molecule has 16 heavy (non-hydrogen) atoms. The molecule has 0 bridgehead atoms. The standard InChI is InChI=1S/C10H12N4OS/c1-7(13-14-10(11)15)9(16)12-8-5-3-2-4-6-8/h2-6H,1H3,(H,12,16)(H3,11,14,15)/b13-7-. The van der Waals surface area contributed by atoms with Crippen molar-refractivity contribution in [3.05, 3.63) is 30.3 Å². The summed E-state index contributed by atoms with van der Waals surface area (Å²) >= 11 is 5.08. The topological polar surface area (TPSA) is 79.5 Å².